The van der Waals surface area contributed by atoms with Crippen LogP contribution in [0.3, 0.4) is 0 Å². The average molecular weight is 300 g/mol. The van der Waals surface area contributed by atoms with E-state index in [1.54, 1.807) is 12.1 Å². The summed E-state index contributed by atoms with van der Waals surface area (Å²) in [6.45, 7) is 0.817. The molecule has 1 atom stereocenters. The predicted molar refractivity (Wildman–Crippen MR) is 81.2 cm³/mol. The number of benzene rings is 2. The van der Waals surface area contributed by atoms with Crippen LogP contribution < -0.4 is 15.4 Å². The molecule has 2 amide bonds. The lowest BCUT2D eigenvalue weighted by molar-refractivity contribution is 0.214. The fourth-order valence-electron chi connectivity index (χ4n) is 2.44. The van der Waals surface area contributed by atoms with Crippen LogP contribution in [0.25, 0.3) is 0 Å². The van der Waals surface area contributed by atoms with Crippen LogP contribution in [0.15, 0.2) is 48.5 Å². The molecule has 1 aliphatic heterocycles. The van der Waals surface area contributed by atoms with Crippen LogP contribution in [0, 0.1) is 5.82 Å². The van der Waals surface area contributed by atoms with E-state index in [4.69, 9.17) is 4.74 Å². The monoisotopic (exact) mass is 300 g/mol. The zero-order chi connectivity index (χ0) is 15.4. The molecule has 1 heterocycles. The Labute approximate surface area is 128 Å². The second-order valence-electron chi connectivity index (χ2n) is 5.27. The summed E-state index contributed by atoms with van der Waals surface area (Å²) in [4.78, 5) is 11.9. The molecule has 22 heavy (non-hydrogen) atoms. The minimum atomic E-state index is -0.286. The molecule has 0 aromatic heterocycles. The number of amides is 2. The van der Waals surface area contributed by atoms with Crippen LogP contribution in [0.2, 0.25) is 0 Å². The van der Waals surface area contributed by atoms with Crippen LogP contribution >= 0.6 is 0 Å². The van der Waals surface area contributed by atoms with Gasteiger partial charge < -0.3 is 15.4 Å². The number of nitrogens with one attached hydrogen (secondary N) is 2. The van der Waals surface area contributed by atoms with E-state index in [1.807, 2.05) is 24.3 Å². The summed E-state index contributed by atoms with van der Waals surface area (Å²) in [5, 5.41) is 5.65. The zero-order valence-corrected chi connectivity index (χ0v) is 12.0. The first-order chi connectivity index (χ1) is 10.7. The lowest BCUT2D eigenvalue weighted by Gasteiger charge is -2.26. The zero-order valence-electron chi connectivity index (χ0n) is 12.0. The van der Waals surface area contributed by atoms with Crippen molar-refractivity contribution in [1.82, 2.24) is 10.6 Å². The van der Waals surface area contributed by atoms with E-state index in [-0.39, 0.29) is 17.9 Å². The Kier molecular flexibility index (Phi) is 4.23. The van der Waals surface area contributed by atoms with Crippen molar-refractivity contribution < 1.29 is 13.9 Å². The van der Waals surface area contributed by atoms with Gasteiger partial charge in [0, 0.05) is 6.54 Å². The highest BCUT2D eigenvalue weighted by molar-refractivity contribution is 5.74. The third kappa shape index (κ3) is 3.55. The van der Waals surface area contributed by atoms with E-state index in [2.05, 4.69) is 10.6 Å². The highest BCUT2D eigenvalue weighted by Gasteiger charge is 2.20. The van der Waals surface area contributed by atoms with Crippen molar-refractivity contribution in [3.05, 3.63) is 65.5 Å². The summed E-state index contributed by atoms with van der Waals surface area (Å²) < 4.78 is 18.4. The first-order valence-electron chi connectivity index (χ1n) is 7.20. The summed E-state index contributed by atoms with van der Waals surface area (Å²) >= 11 is 0. The molecule has 0 saturated carbocycles. The maximum atomic E-state index is 12.8. The number of fused-ring (bicyclic) bond motifs is 1. The lowest BCUT2D eigenvalue weighted by Crippen LogP contribution is -2.47. The van der Waals surface area contributed by atoms with Gasteiger partial charge in [-0.05, 0) is 35.7 Å². The van der Waals surface area contributed by atoms with E-state index >= 15 is 0 Å². The van der Waals surface area contributed by atoms with Gasteiger partial charge in [0.05, 0.1) is 6.04 Å². The van der Waals surface area contributed by atoms with Gasteiger partial charge in [0.25, 0.3) is 0 Å². The minimum absolute atomic E-state index is 0.0527. The molecule has 0 unspecified atom stereocenters. The molecular weight excluding hydrogens is 283 g/mol. The summed E-state index contributed by atoms with van der Waals surface area (Å²) in [7, 11) is 0. The summed E-state index contributed by atoms with van der Waals surface area (Å²) in [5.41, 5.74) is 1.94. The first-order valence-corrected chi connectivity index (χ1v) is 7.20. The summed E-state index contributed by atoms with van der Waals surface area (Å²) in [6, 6.07) is 13.6. The predicted octanol–water partition coefficient (Wildman–Crippen LogP) is 2.63. The van der Waals surface area contributed by atoms with Crippen LogP contribution in [-0.2, 0) is 13.0 Å². The highest BCUT2D eigenvalue weighted by atomic mass is 19.1. The van der Waals surface area contributed by atoms with E-state index in [9.17, 15) is 9.18 Å². The van der Waals surface area contributed by atoms with Gasteiger partial charge in [-0.25, -0.2) is 9.18 Å². The fraction of sp³-hybridized carbons (Fsp3) is 0.235. The molecule has 0 fully saturated rings. The van der Waals surface area contributed by atoms with Gasteiger partial charge in [-0.2, -0.15) is 0 Å². The highest BCUT2D eigenvalue weighted by Crippen LogP contribution is 2.23. The van der Waals surface area contributed by atoms with Crippen LogP contribution in [-0.4, -0.2) is 18.7 Å². The third-order valence-electron chi connectivity index (χ3n) is 3.58. The van der Waals surface area contributed by atoms with E-state index in [1.165, 1.54) is 12.1 Å². The quantitative estimate of drug-likeness (QED) is 0.915. The van der Waals surface area contributed by atoms with Crippen LogP contribution in [0.4, 0.5) is 9.18 Å². The van der Waals surface area contributed by atoms with Gasteiger partial charge in [0.1, 0.15) is 18.2 Å². The molecule has 2 N–H and O–H groups in total. The maximum Gasteiger partial charge on any atom is 0.315 e. The lowest BCUT2D eigenvalue weighted by atomic mass is 10.0. The van der Waals surface area contributed by atoms with Gasteiger partial charge in [-0.15, -0.1) is 0 Å². The number of urea groups is 1. The van der Waals surface area contributed by atoms with Crippen molar-refractivity contribution in [3.63, 3.8) is 0 Å². The second-order valence-corrected chi connectivity index (χ2v) is 5.27. The van der Waals surface area contributed by atoms with Crippen LogP contribution in [0.1, 0.15) is 11.1 Å². The minimum Gasteiger partial charge on any atom is -0.491 e. The Morgan fingerprint density at radius 2 is 1.95 bits per heavy atom. The number of hydrogen-bond acceptors (Lipinski definition) is 2. The summed E-state index contributed by atoms with van der Waals surface area (Å²) in [5.74, 6) is 0.596. The average Bonchev–Trinajstić information content (AvgIpc) is 2.54. The maximum absolute atomic E-state index is 12.8. The molecule has 0 spiro atoms. The number of rotatable bonds is 3. The Balaban J connectivity index is 1.49. The normalized spacial score (nSPS) is 16.3. The third-order valence-corrected chi connectivity index (χ3v) is 3.58. The number of hydrogen-bond donors (Lipinski definition) is 2. The molecule has 114 valence electrons. The largest absolute Gasteiger partial charge is 0.491 e. The first kappa shape index (κ1) is 14.4. The SMILES string of the molecule is O=C(NCc1ccc(F)cc1)N[C@H]1COc2ccccc2C1. The molecule has 1 aliphatic rings. The molecule has 0 saturated heterocycles. The molecule has 2 aromatic carbocycles. The number of halogens is 1. The van der Waals surface area contributed by atoms with Gasteiger partial charge in [0.15, 0.2) is 0 Å². The number of para-hydroxylation sites is 1. The number of ether oxygens (including phenoxy) is 1. The topological polar surface area (TPSA) is 50.4 Å². The number of carbonyl (C=O) groups excluding carboxylic acids is 1. The van der Waals surface area contributed by atoms with Crippen molar-refractivity contribution in [2.75, 3.05) is 6.61 Å². The van der Waals surface area contributed by atoms with Crippen molar-refractivity contribution in [2.24, 2.45) is 0 Å². The van der Waals surface area contributed by atoms with Gasteiger partial charge in [-0.3, -0.25) is 0 Å². The van der Waals surface area contributed by atoms with Gasteiger partial charge >= 0.3 is 6.03 Å². The molecule has 2 aromatic rings. The van der Waals surface area contributed by atoms with Gasteiger partial charge in [0.2, 0.25) is 0 Å². The van der Waals surface area contributed by atoms with E-state index < -0.39 is 0 Å². The Morgan fingerprint density at radius 3 is 2.77 bits per heavy atom. The molecule has 5 heteroatoms. The van der Waals surface area contributed by atoms with E-state index in [0.717, 1.165) is 23.3 Å². The van der Waals surface area contributed by atoms with Crippen LogP contribution in [0.5, 0.6) is 5.75 Å². The van der Waals surface area contributed by atoms with Crippen molar-refractivity contribution in [3.8, 4) is 5.75 Å². The molecule has 4 nitrogen and oxygen atoms in total. The Bertz CT molecular complexity index is 658. The Hall–Kier alpha value is -2.56. The van der Waals surface area contributed by atoms with Crippen molar-refractivity contribution >= 4 is 6.03 Å². The molecular formula is C17H17FN2O2. The van der Waals surface area contributed by atoms with E-state index in [0.29, 0.717) is 13.2 Å². The smallest absolute Gasteiger partial charge is 0.315 e. The molecule has 3 rings (SSSR count). The Morgan fingerprint density at radius 1 is 1.18 bits per heavy atom. The standard InChI is InChI=1S/C17H17FN2O2/c18-14-7-5-12(6-8-14)10-19-17(21)20-15-9-13-3-1-2-4-16(13)22-11-15/h1-8,15H,9-11H2,(H2,19,20,21)/t15-/m1/s1. The molecule has 0 radical (unpaired) electrons. The van der Waals surface area contributed by atoms with Gasteiger partial charge in [-0.1, -0.05) is 30.3 Å². The molecule has 0 aliphatic carbocycles. The number of carbonyl (C=O) groups is 1. The second kappa shape index (κ2) is 6.47. The fourth-order valence-corrected chi connectivity index (χ4v) is 2.44. The summed E-state index contributed by atoms with van der Waals surface area (Å²) in [6.07, 6.45) is 0.750. The molecule has 0 bridgehead atoms. The van der Waals surface area contributed by atoms with Crippen molar-refractivity contribution in [1.29, 1.82) is 0 Å². The van der Waals surface area contributed by atoms with Crippen molar-refractivity contribution in [2.45, 2.75) is 19.0 Å².